The maximum atomic E-state index is 12.6. The topological polar surface area (TPSA) is 72.5 Å². The summed E-state index contributed by atoms with van der Waals surface area (Å²) in [6.45, 7) is 5.30. The van der Waals surface area contributed by atoms with E-state index in [1.54, 1.807) is 26.8 Å². The minimum absolute atomic E-state index is 0.0774. The van der Waals surface area contributed by atoms with E-state index in [1.165, 1.54) is 6.07 Å². The molecule has 0 saturated carbocycles. The Hall–Kier alpha value is -1.24. The molecule has 0 fully saturated rings. The van der Waals surface area contributed by atoms with Crippen molar-refractivity contribution in [2.24, 2.45) is 0 Å². The number of nitrogens with one attached hydrogen (secondary N) is 1. The van der Waals surface area contributed by atoms with E-state index in [4.69, 9.17) is 27.4 Å². The molecular formula is C15H17Cl2NO4S. The summed E-state index contributed by atoms with van der Waals surface area (Å²) < 4.78 is 28.2. The minimum atomic E-state index is -3.78. The van der Waals surface area contributed by atoms with Gasteiger partial charge >= 0.3 is 10.1 Å². The number of rotatable bonds is 3. The van der Waals surface area contributed by atoms with Crippen LogP contribution in [0.2, 0.25) is 10.0 Å². The quantitative estimate of drug-likeness (QED) is 0.820. The summed E-state index contributed by atoms with van der Waals surface area (Å²) in [5, 5.41) is 3.51. The summed E-state index contributed by atoms with van der Waals surface area (Å²) in [6, 6.07) is 3.16. The molecule has 8 heteroatoms. The van der Waals surface area contributed by atoms with Crippen molar-refractivity contribution in [3.63, 3.8) is 0 Å². The highest BCUT2D eigenvalue weighted by Gasteiger charge is 2.36. The van der Waals surface area contributed by atoms with Crippen molar-refractivity contribution in [1.29, 1.82) is 0 Å². The molecule has 126 valence electrons. The van der Waals surface area contributed by atoms with Crippen LogP contribution >= 0.6 is 23.2 Å². The predicted octanol–water partition coefficient (Wildman–Crippen LogP) is 3.29. The average Bonchev–Trinajstić information content (AvgIpc) is 2.27. The number of carbonyl (C=O) groups excluding carboxylic acids is 1. The molecule has 1 aliphatic heterocycles. The first-order valence-electron chi connectivity index (χ1n) is 6.81. The number of aryl methyl sites for hydroxylation is 1. The molecule has 0 aliphatic carbocycles. The van der Waals surface area contributed by atoms with Crippen LogP contribution in [0, 0.1) is 6.92 Å². The number of hydrogen-bond acceptors (Lipinski definition) is 4. The second-order valence-corrected chi connectivity index (χ2v) is 8.60. The third-order valence-corrected chi connectivity index (χ3v) is 4.33. The molecule has 1 aliphatic rings. The molecule has 0 spiro atoms. The molecule has 0 atom stereocenters. The predicted molar refractivity (Wildman–Crippen MR) is 90.9 cm³/mol. The van der Waals surface area contributed by atoms with Crippen molar-refractivity contribution < 1.29 is 17.4 Å². The monoisotopic (exact) mass is 377 g/mol. The van der Waals surface area contributed by atoms with Gasteiger partial charge in [0.1, 0.15) is 5.76 Å². The smallest absolute Gasteiger partial charge is 0.305 e. The van der Waals surface area contributed by atoms with Crippen LogP contribution in [0.4, 0.5) is 0 Å². The molecular weight excluding hydrogens is 361 g/mol. The molecule has 0 radical (unpaired) electrons. The lowest BCUT2D eigenvalue weighted by atomic mass is 9.88. The summed E-state index contributed by atoms with van der Waals surface area (Å²) in [7, 11) is -3.78. The van der Waals surface area contributed by atoms with Gasteiger partial charge in [-0.05, 0) is 38.5 Å². The molecule has 0 unspecified atom stereocenters. The summed E-state index contributed by atoms with van der Waals surface area (Å²) in [6.07, 6.45) is 1.16. The Morgan fingerprint density at radius 2 is 1.87 bits per heavy atom. The van der Waals surface area contributed by atoms with E-state index in [9.17, 15) is 13.2 Å². The van der Waals surface area contributed by atoms with Gasteiger partial charge in [0.05, 0.1) is 16.9 Å². The Labute approximate surface area is 145 Å². The van der Waals surface area contributed by atoms with Crippen LogP contribution in [0.1, 0.15) is 31.4 Å². The lowest BCUT2D eigenvalue weighted by Crippen LogP contribution is -2.48. The van der Waals surface area contributed by atoms with Gasteiger partial charge in [0.2, 0.25) is 0 Å². The Bertz CT molecular complexity index is 790. The standard InChI is InChI=1S/C15H17Cl2NO4S/c1-8-5-9(16)6-10(17)12(8)13-11(22-23(4,20)21)7-15(2,3)18-14(13)19/h5-6H,7H2,1-4H3,(H,18,19). The lowest BCUT2D eigenvalue weighted by molar-refractivity contribution is -0.117. The Balaban J connectivity index is 2.74. The Kier molecular flexibility index (Phi) is 4.72. The average molecular weight is 378 g/mol. The summed E-state index contributed by atoms with van der Waals surface area (Å²) in [5.41, 5.74) is 0.562. The SMILES string of the molecule is Cc1cc(Cl)cc(Cl)c1C1=C(OS(C)(=O)=O)CC(C)(C)NC1=O. The van der Waals surface area contributed by atoms with Crippen LogP contribution < -0.4 is 5.32 Å². The molecule has 1 aromatic rings. The fourth-order valence-corrected chi connectivity index (χ4v) is 3.75. The summed E-state index contributed by atoms with van der Waals surface area (Å²) in [4.78, 5) is 12.6. The fourth-order valence-electron chi connectivity index (χ4n) is 2.56. The molecule has 1 amide bonds. The molecule has 2 rings (SSSR count). The van der Waals surface area contributed by atoms with Crippen LogP contribution in [0.25, 0.3) is 5.57 Å². The number of benzene rings is 1. The zero-order chi connectivity index (χ0) is 17.6. The normalized spacial score (nSPS) is 17.9. The van der Waals surface area contributed by atoms with Crippen LogP contribution in [-0.4, -0.2) is 26.1 Å². The molecule has 1 aromatic carbocycles. The van der Waals surface area contributed by atoms with Crippen LogP contribution in [0.15, 0.2) is 17.9 Å². The van der Waals surface area contributed by atoms with Crippen molar-refractivity contribution in [3.05, 3.63) is 39.1 Å². The third kappa shape index (κ3) is 4.19. The van der Waals surface area contributed by atoms with Gasteiger partial charge in [-0.2, -0.15) is 8.42 Å². The summed E-state index contributed by atoms with van der Waals surface area (Å²) >= 11 is 12.2. The van der Waals surface area contributed by atoms with Gasteiger partial charge in [-0.3, -0.25) is 4.79 Å². The zero-order valence-electron chi connectivity index (χ0n) is 13.2. The van der Waals surface area contributed by atoms with Gasteiger partial charge in [0, 0.05) is 22.5 Å². The minimum Gasteiger partial charge on any atom is -0.386 e. The zero-order valence-corrected chi connectivity index (χ0v) is 15.5. The first-order chi connectivity index (χ1) is 10.4. The number of halogens is 2. The van der Waals surface area contributed by atoms with E-state index in [0.29, 0.717) is 16.1 Å². The van der Waals surface area contributed by atoms with Crippen molar-refractivity contribution in [3.8, 4) is 0 Å². The van der Waals surface area contributed by atoms with Crippen molar-refractivity contribution >= 4 is 44.8 Å². The van der Waals surface area contributed by atoms with E-state index in [-0.39, 0.29) is 22.8 Å². The molecule has 1 N–H and O–H groups in total. The third-order valence-electron chi connectivity index (χ3n) is 3.31. The van der Waals surface area contributed by atoms with E-state index >= 15 is 0 Å². The number of hydrogen-bond donors (Lipinski definition) is 1. The molecule has 23 heavy (non-hydrogen) atoms. The van der Waals surface area contributed by atoms with Gasteiger partial charge in [-0.1, -0.05) is 23.2 Å². The van der Waals surface area contributed by atoms with Gasteiger partial charge < -0.3 is 9.50 Å². The van der Waals surface area contributed by atoms with Gasteiger partial charge in [0.15, 0.2) is 0 Å². The lowest BCUT2D eigenvalue weighted by Gasteiger charge is -2.33. The van der Waals surface area contributed by atoms with Crippen LogP contribution in [-0.2, 0) is 19.1 Å². The first kappa shape index (κ1) is 18.1. The van der Waals surface area contributed by atoms with Gasteiger partial charge in [0.25, 0.3) is 5.91 Å². The molecule has 0 saturated heterocycles. The van der Waals surface area contributed by atoms with Gasteiger partial charge in [-0.15, -0.1) is 0 Å². The van der Waals surface area contributed by atoms with Gasteiger partial charge in [-0.25, -0.2) is 0 Å². The number of amides is 1. The van der Waals surface area contributed by atoms with E-state index in [1.807, 2.05) is 0 Å². The van der Waals surface area contributed by atoms with Crippen molar-refractivity contribution in [2.45, 2.75) is 32.7 Å². The molecule has 5 nitrogen and oxygen atoms in total. The van der Waals surface area contributed by atoms with E-state index < -0.39 is 21.6 Å². The Morgan fingerprint density at radius 1 is 1.26 bits per heavy atom. The van der Waals surface area contributed by atoms with Crippen LogP contribution in [0.3, 0.4) is 0 Å². The second-order valence-electron chi connectivity index (χ2n) is 6.18. The highest BCUT2D eigenvalue weighted by molar-refractivity contribution is 7.86. The summed E-state index contributed by atoms with van der Waals surface area (Å²) in [5.74, 6) is -0.360. The number of carbonyl (C=O) groups is 1. The van der Waals surface area contributed by atoms with E-state index in [0.717, 1.165) is 6.26 Å². The van der Waals surface area contributed by atoms with Crippen LogP contribution in [0.5, 0.6) is 0 Å². The second kappa shape index (κ2) is 6.00. The first-order valence-corrected chi connectivity index (χ1v) is 9.38. The highest BCUT2D eigenvalue weighted by atomic mass is 35.5. The molecule has 0 bridgehead atoms. The molecule has 1 heterocycles. The Morgan fingerprint density at radius 3 is 2.39 bits per heavy atom. The highest BCUT2D eigenvalue weighted by Crippen LogP contribution is 2.38. The maximum absolute atomic E-state index is 12.6. The maximum Gasteiger partial charge on any atom is 0.305 e. The van der Waals surface area contributed by atoms with Crippen molar-refractivity contribution in [1.82, 2.24) is 5.32 Å². The molecule has 0 aromatic heterocycles. The van der Waals surface area contributed by atoms with Crippen molar-refractivity contribution in [2.75, 3.05) is 6.26 Å². The largest absolute Gasteiger partial charge is 0.386 e. The fraction of sp³-hybridized carbons (Fsp3) is 0.400. The van der Waals surface area contributed by atoms with E-state index in [2.05, 4.69) is 5.32 Å².